The molecule has 0 amide bonds. The molecule has 2 N–H and O–H groups in total. The van der Waals surface area contributed by atoms with Crippen LogP contribution in [0.5, 0.6) is 11.5 Å². The second kappa shape index (κ2) is 7.14. The average Bonchev–Trinajstić information content (AvgIpc) is 2.31. The molecular weight excluding hydrogens is 220 g/mol. The molecule has 0 aliphatic heterocycles. The molecule has 0 radical (unpaired) electrons. The van der Waals surface area contributed by atoms with Crippen LogP contribution >= 0.6 is 0 Å². The number of aliphatic hydroxyl groups excluding tert-OH is 2. The number of hydrogen-bond donors (Lipinski definition) is 2. The van der Waals surface area contributed by atoms with Gasteiger partial charge in [0, 0.05) is 6.42 Å². The van der Waals surface area contributed by atoms with Gasteiger partial charge in [-0.2, -0.15) is 0 Å². The lowest BCUT2D eigenvalue weighted by Crippen LogP contribution is -2.08. The molecule has 0 saturated carbocycles. The summed E-state index contributed by atoms with van der Waals surface area (Å²) in [4.78, 5) is 0. The molecule has 0 heterocycles. The predicted molar refractivity (Wildman–Crippen MR) is 65.3 cm³/mol. The molecule has 4 nitrogen and oxygen atoms in total. The van der Waals surface area contributed by atoms with E-state index < -0.39 is 0 Å². The van der Waals surface area contributed by atoms with E-state index in [0.717, 1.165) is 5.56 Å². The van der Waals surface area contributed by atoms with Crippen molar-refractivity contribution in [2.45, 2.75) is 33.0 Å². The van der Waals surface area contributed by atoms with Crippen LogP contribution in [-0.4, -0.2) is 29.5 Å². The van der Waals surface area contributed by atoms with E-state index in [4.69, 9.17) is 19.7 Å². The summed E-state index contributed by atoms with van der Waals surface area (Å²) in [6.45, 7) is 4.58. The van der Waals surface area contributed by atoms with Crippen molar-refractivity contribution in [1.82, 2.24) is 0 Å². The predicted octanol–water partition coefficient (Wildman–Crippen LogP) is 1.73. The van der Waals surface area contributed by atoms with Crippen LogP contribution in [0.1, 0.15) is 25.8 Å². The Morgan fingerprint density at radius 1 is 1.24 bits per heavy atom. The second-order valence-electron chi connectivity index (χ2n) is 3.86. The standard InChI is InChI=1S/C13H20O4/c1-3-16-13-8-11(9-14)4-5-12(13)17-7-6-10(2)15/h4-5,8,10,14-15H,3,6-7,9H2,1-2H3. The third-order valence-corrected chi connectivity index (χ3v) is 2.28. The van der Waals surface area contributed by atoms with E-state index >= 15 is 0 Å². The van der Waals surface area contributed by atoms with Gasteiger partial charge in [0.15, 0.2) is 11.5 Å². The van der Waals surface area contributed by atoms with Gasteiger partial charge in [0.2, 0.25) is 0 Å². The SMILES string of the molecule is CCOc1cc(CO)ccc1OCCC(C)O. The molecule has 1 unspecified atom stereocenters. The Morgan fingerprint density at radius 3 is 2.59 bits per heavy atom. The molecular formula is C13H20O4. The minimum atomic E-state index is -0.373. The first-order chi connectivity index (χ1) is 8.17. The van der Waals surface area contributed by atoms with E-state index in [1.165, 1.54) is 0 Å². The quantitative estimate of drug-likeness (QED) is 0.762. The maximum atomic E-state index is 9.14. The second-order valence-corrected chi connectivity index (χ2v) is 3.86. The van der Waals surface area contributed by atoms with E-state index in [-0.39, 0.29) is 12.7 Å². The topological polar surface area (TPSA) is 58.9 Å². The van der Waals surface area contributed by atoms with Gasteiger partial charge in [-0.25, -0.2) is 0 Å². The number of ether oxygens (including phenoxy) is 2. The van der Waals surface area contributed by atoms with Crippen molar-refractivity contribution in [3.8, 4) is 11.5 Å². The molecule has 96 valence electrons. The lowest BCUT2D eigenvalue weighted by molar-refractivity contribution is 0.153. The summed E-state index contributed by atoms with van der Waals surface area (Å²) in [7, 11) is 0. The molecule has 0 fully saturated rings. The zero-order valence-electron chi connectivity index (χ0n) is 10.3. The average molecular weight is 240 g/mol. The minimum absolute atomic E-state index is 0.0198. The Morgan fingerprint density at radius 2 is 2.00 bits per heavy atom. The van der Waals surface area contributed by atoms with Crippen LogP contribution in [-0.2, 0) is 6.61 Å². The van der Waals surface area contributed by atoms with E-state index in [2.05, 4.69) is 0 Å². The maximum Gasteiger partial charge on any atom is 0.161 e. The molecule has 0 aliphatic carbocycles. The fourth-order valence-corrected chi connectivity index (χ4v) is 1.38. The summed E-state index contributed by atoms with van der Waals surface area (Å²) in [5, 5.41) is 18.2. The first kappa shape index (κ1) is 13.8. The van der Waals surface area contributed by atoms with Crippen molar-refractivity contribution in [2.75, 3.05) is 13.2 Å². The van der Waals surface area contributed by atoms with Crippen molar-refractivity contribution in [3.05, 3.63) is 23.8 Å². The number of rotatable bonds is 7. The zero-order chi connectivity index (χ0) is 12.7. The van der Waals surface area contributed by atoms with Gasteiger partial charge in [-0.3, -0.25) is 0 Å². The molecule has 1 aromatic rings. The fourth-order valence-electron chi connectivity index (χ4n) is 1.38. The van der Waals surface area contributed by atoms with Crippen LogP contribution in [0.3, 0.4) is 0 Å². The van der Waals surface area contributed by atoms with Gasteiger partial charge in [-0.15, -0.1) is 0 Å². The first-order valence-corrected chi connectivity index (χ1v) is 5.84. The Hall–Kier alpha value is -1.26. The number of aliphatic hydroxyl groups is 2. The summed E-state index contributed by atoms with van der Waals surface area (Å²) in [6, 6.07) is 5.33. The highest BCUT2D eigenvalue weighted by atomic mass is 16.5. The van der Waals surface area contributed by atoms with Crippen LogP contribution in [0.25, 0.3) is 0 Å². The Bertz CT molecular complexity index is 336. The van der Waals surface area contributed by atoms with E-state index in [1.54, 1.807) is 25.1 Å². The van der Waals surface area contributed by atoms with Gasteiger partial charge in [0.1, 0.15) is 0 Å². The van der Waals surface area contributed by atoms with Crippen molar-refractivity contribution < 1.29 is 19.7 Å². The monoisotopic (exact) mass is 240 g/mol. The highest BCUT2D eigenvalue weighted by Crippen LogP contribution is 2.28. The molecule has 0 aromatic heterocycles. The summed E-state index contributed by atoms with van der Waals surface area (Å²) < 4.78 is 11.0. The first-order valence-electron chi connectivity index (χ1n) is 5.84. The number of hydrogen-bond acceptors (Lipinski definition) is 4. The van der Waals surface area contributed by atoms with Crippen molar-refractivity contribution >= 4 is 0 Å². The van der Waals surface area contributed by atoms with Crippen LogP contribution in [0.15, 0.2) is 18.2 Å². The van der Waals surface area contributed by atoms with Gasteiger partial charge in [0.25, 0.3) is 0 Å². The normalized spacial score (nSPS) is 12.2. The summed E-state index contributed by atoms with van der Waals surface area (Å²) in [5.41, 5.74) is 0.788. The molecule has 0 saturated heterocycles. The van der Waals surface area contributed by atoms with Gasteiger partial charge >= 0.3 is 0 Å². The smallest absolute Gasteiger partial charge is 0.161 e. The fraction of sp³-hybridized carbons (Fsp3) is 0.538. The third-order valence-electron chi connectivity index (χ3n) is 2.28. The Labute approximate surface area is 102 Å². The zero-order valence-corrected chi connectivity index (χ0v) is 10.3. The van der Waals surface area contributed by atoms with Crippen LogP contribution in [0, 0.1) is 0 Å². The molecule has 0 spiro atoms. The van der Waals surface area contributed by atoms with E-state index in [9.17, 15) is 0 Å². The minimum Gasteiger partial charge on any atom is -0.490 e. The van der Waals surface area contributed by atoms with Crippen LogP contribution < -0.4 is 9.47 Å². The van der Waals surface area contributed by atoms with Crippen molar-refractivity contribution in [1.29, 1.82) is 0 Å². The van der Waals surface area contributed by atoms with Crippen molar-refractivity contribution in [3.63, 3.8) is 0 Å². The summed E-state index contributed by atoms with van der Waals surface area (Å²) >= 11 is 0. The molecule has 1 aromatic carbocycles. The van der Waals surface area contributed by atoms with Gasteiger partial charge in [-0.1, -0.05) is 6.07 Å². The largest absolute Gasteiger partial charge is 0.490 e. The summed E-state index contributed by atoms with van der Waals surface area (Å²) in [6.07, 6.45) is 0.204. The van der Waals surface area contributed by atoms with E-state index in [1.807, 2.05) is 6.92 Å². The summed E-state index contributed by atoms with van der Waals surface area (Å²) in [5.74, 6) is 1.27. The van der Waals surface area contributed by atoms with Gasteiger partial charge in [0.05, 0.1) is 25.9 Å². The molecule has 0 aliphatic rings. The molecule has 4 heteroatoms. The maximum absolute atomic E-state index is 9.14. The van der Waals surface area contributed by atoms with Gasteiger partial charge in [-0.05, 0) is 31.5 Å². The Balaban J connectivity index is 2.68. The van der Waals surface area contributed by atoms with Crippen molar-refractivity contribution in [2.24, 2.45) is 0 Å². The Kier molecular flexibility index (Phi) is 5.80. The molecule has 0 bridgehead atoms. The highest BCUT2D eigenvalue weighted by molar-refractivity contribution is 5.42. The molecule has 1 rings (SSSR count). The van der Waals surface area contributed by atoms with E-state index in [0.29, 0.717) is 31.1 Å². The lowest BCUT2D eigenvalue weighted by Gasteiger charge is -2.13. The van der Waals surface area contributed by atoms with Crippen LogP contribution in [0.2, 0.25) is 0 Å². The molecule has 17 heavy (non-hydrogen) atoms. The lowest BCUT2D eigenvalue weighted by atomic mass is 10.2. The van der Waals surface area contributed by atoms with Gasteiger partial charge < -0.3 is 19.7 Å². The highest BCUT2D eigenvalue weighted by Gasteiger charge is 2.06. The number of benzene rings is 1. The van der Waals surface area contributed by atoms with Crippen LogP contribution in [0.4, 0.5) is 0 Å². The molecule has 1 atom stereocenters. The third kappa shape index (κ3) is 4.63.